The Kier molecular flexibility index (Phi) is 11.2. The molecule has 1 aliphatic heterocycles. The molecule has 0 bridgehead atoms. The van der Waals surface area contributed by atoms with Crippen molar-refractivity contribution in [1.82, 2.24) is 20.2 Å². The summed E-state index contributed by atoms with van der Waals surface area (Å²) in [5.74, 6) is 1.80. The van der Waals surface area contributed by atoms with Crippen LogP contribution in [0.4, 0.5) is 0 Å². The highest BCUT2D eigenvalue weighted by Crippen LogP contribution is 2.16. The van der Waals surface area contributed by atoms with Gasteiger partial charge in [0.25, 0.3) is 0 Å². The third-order valence-electron chi connectivity index (χ3n) is 4.88. The number of guanidine groups is 1. The zero-order valence-corrected chi connectivity index (χ0v) is 20.3. The normalized spacial score (nSPS) is 14.9. The van der Waals surface area contributed by atoms with Gasteiger partial charge < -0.3 is 24.7 Å². The van der Waals surface area contributed by atoms with E-state index in [0.29, 0.717) is 12.6 Å². The molecular formula is C22H34IN5O2. The van der Waals surface area contributed by atoms with Crippen molar-refractivity contribution in [2.24, 2.45) is 4.99 Å². The number of halogens is 1. The average molecular weight is 527 g/mol. The number of benzene rings is 1. The van der Waals surface area contributed by atoms with Crippen LogP contribution in [-0.4, -0.2) is 66.9 Å². The highest BCUT2D eigenvalue weighted by atomic mass is 127. The Morgan fingerprint density at radius 2 is 2.07 bits per heavy atom. The van der Waals surface area contributed by atoms with E-state index in [0.717, 1.165) is 75.2 Å². The lowest BCUT2D eigenvalue weighted by atomic mass is 10.1. The van der Waals surface area contributed by atoms with E-state index in [1.165, 1.54) is 0 Å². The Balaban J connectivity index is 0.00000320. The highest BCUT2D eigenvalue weighted by molar-refractivity contribution is 14.0. The van der Waals surface area contributed by atoms with Gasteiger partial charge in [-0.1, -0.05) is 30.3 Å². The van der Waals surface area contributed by atoms with Gasteiger partial charge in [0.2, 0.25) is 0 Å². The largest absolute Gasteiger partial charge is 0.381 e. The molecule has 166 valence electrons. The minimum Gasteiger partial charge on any atom is -0.381 e. The summed E-state index contributed by atoms with van der Waals surface area (Å²) < 4.78 is 11.3. The molecule has 0 aliphatic carbocycles. The van der Waals surface area contributed by atoms with Gasteiger partial charge in [-0.15, -0.1) is 24.0 Å². The molecule has 8 heteroatoms. The molecule has 2 aromatic rings. The molecule has 1 aromatic carbocycles. The van der Waals surface area contributed by atoms with Gasteiger partial charge in [-0.25, -0.2) is 4.98 Å². The Hall–Kier alpha value is -1.65. The molecular weight excluding hydrogens is 493 g/mol. The number of nitrogens with one attached hydrogen (secondary N) is 2. The fourth-order valence-electron chi connectivity index (χ4n) is 3.32. The van der Waals surface area contributed by atoms with Crippen molar-refractivity contribution < 1.29 is 9.47 Å². The number of imidazole rings is 1. The van der Waals surface area contributed by atoms with Crippen molar-refractivity contribution in [3.63, 3.8) is 0 Å². The van der Waals surface area contributed by atoms with Crippen LogP contribution < -0.4 is 5.32 Å². The van der Waals surface area contributed by atoms with Gasteiger partial charge in [-0.05, 0) is 31.7 Å². The van der Waals surface area contributed by atoms with Crippen LogP contribution in [0.1, 0.15) is 32.0 Å². The van der Waals surface area contributed by atoms with E-state index in [1.54, 1.807) is 0 Å². The van der Waals surface area contributed by atoms with Crippen LogP contribution in [0, 0.1) is 0 Å². The third-order valence-corrected chi connectivity index (χ3v) is 4.88. The zero-order valence-electron chi connectivity index (χ0n) is 18.0. The Morgan fingerprint density at radius 1 is 1.30 bits per heavy atom. The predicted molar refractivity (Wildman–Crippen MR) is 131 cm³/mol. The van der Waals surface area contributed by atoms with Gasteiger partial charge in [0.15, 0.2) is 5.96 Å². The van der Waals surface area contributed by atoms with Crippen LogP contribution in [0.15, 0.2) is 41.5 Å². The van der Waals surface area contributed by atoms with Gasteiger partial charge >= 0.3 is 0 Å². The average Bonchev–Trinajstić information content (AvgIpc) is 3.22. The highest BCUT2D eigenvalue weighted by Gasteiger charge is 2.13. The van der Waals surface area contributed by atoms with E-state index in [9.17, 15) is 0 Å². The van der Waals surface area contributed by atoms with Crippen LogP contribution in [-0.2, 0) is 16.0 Å². The first-order valence-corrected chi connectivity index (χ1v) is 10.5. The van der Waals surface area contributed by atoms with Crippen molar-refractivity contribution in [2.45, 2.75) is 38.8 Å². The van der Waals surface area contributed by atoms with Crippen LogP contribution in [0.3, 0.4) is 0 Å². The molecule has 1 aromatic heterocycles. The molecule has 2 heterocycles. The summed E-state index contributed by atoms with van der Waals surface area (Å²) in [4.78, 5) is 14.8. The van der Waals surface area contributed by atoms with Gasteiger partial charge in [0.1, 0.15) is 5.82 Å². The molecule has 0 amide bonds. The number of ether oxygens (including phenoxy) is 2. The van der Waals surface area contributed by atoms with Crippen molar-refractivity contribution in [3.05, 3.63) is 42.4 Å². The van der Waals surface area contributed by atoms with E-state index in [1.807, 2.05) is 31.4 Å². The molecule has 0 radical (unpaired) electrons. The smallest absolute Gasteiger partial charge is 0.194 e. The van der Waals surface area contributed by atoms with Crippen molar-refractivity contribution in [3.8, 4) is 11.3 Å². The second kappa shape index (κ2) is 13.6. The molecule has 0 saturated carbocycles. The lowest BCUT2D eigenvalue weighted by Crippen LogP contribution is -2.38. The first-order chi connectivity index (χ1) is 14.3. The number of H-pyrrole nitrogens is 1. The number of aromatic nitrogens is 2. The second-order valence-corrected chi connectivity index (χ2v) is 7.24. The monoisotopic (exact) mass is 527 g/mol. The third kappa shape index (κ3) is 7.88. The van der Waals surface area contributed by atoms with Crippen LogP contribution in [0.25, 0.3) is 11.3 Å². The summed E-state index contributed by atoms with van der Waals surface area (Å²) in [7, 11) is 2.03. The number of nitrogens with zero attached hydrogens (tertiary/aromatic N) is 3. The van der Waals surface area contributed by atoms with Crippen molar-refractivity contribution in [1.29, 1.82) is 0 Å². The van der Waals surface area contributed by atoms with Crippen LogP contribution in [0.5, 0.6) is 0 Å². The van der Waals surface area contributed by atoms with E-state index >= 15 is 0 Å². The number of aliphatic imine (C=N–C) groups is 1. The van der Waals surface area contributed by atoms with E-state index in [2.05, 4.69) is 39.2 Å². The minimum absolute atomic E-state index is 0. The minimum atomic E-state index is 0. The number of aromatic amines is 1. The van der Waals surface area contributed by atoms with Crippen LogP contribution >= 0.6 is 24.0 Å². The lowest BCUT2D eigenvalue weighted by molar-refractivity contribution is -0.0318. The van der Waals surface area contributed by atoms with Gasteiger partial charge in [-0.3, -0.25) is 4.99 Å². The maximum atomic E-state index is 5.93. The van der Waals surface area contributed by atoms with E-state index in [-0.39, 0.29) is 24.0 Å². The maximum Gasteiger partial charge on any atom is 0.194 e. The van der Waals surface area contributed by atoms with Gasteiger partial charge in [0.05, 0.1) is 24.5 Å². The number of rotatable bonds is 9. The molecule has 0 spiro atoms. The maximum absolute atomic E-state index is 5.93. The summed E-state index contributed by atoms with van der Waals surface area (Å²) >= 11 is 0. The molecule has 0 atom stereocenters. The number of hydrogen-bond donors (Lipinski definition) is 2. The quantitative estimate of drug-likeness (QED) is 0.225. The Labute approximate surface area is 196 Å². The molecule has 7 nitrogen and oxygen atoms in total. The summed E-state index contributed by atoms with van der Waals surface area (Å²) in [5, 5.41) is 3.36. The van der Waals surface area contributed by atoms with Crippen molar-refractivity contribution >= 4 is 29.9 Å². The summed E-state index contributed by atoms with van der Waals surface area (Å²) in [6.07, 6.45) is 5.15. The fraction of sp³-hybridized carbons (Fsp3) is 0.545. The topological polar surface area (TPSA) is 74.8 Å². The molecule has 30 heavy (non-hydrogen) atoms. The van der Waals surface area contributed by atoms with Gasteiger partial charge in [-0.2, -0.15) is 0 Å². The summed E-state index contributed by atoms with van der Waals surface area (Å²) in [5.41, 5.74) is 2.17. The second-order valence-electron chi connectivity index (χ2n) is 7.24. The first-order valence-electron chi connectivity index (χ1n) is 10.5. The molecule has 2 N–H and O–H groups in total. The first kappa shape index (κ1) is 24.6. The van der Waals surface area contributed by atoms with Crippen molar-refractivity contribution in [2.75, 3.05) is 40.0 Å². The zero-order chi connectivity index (χ0) is 20.3. The summed E-state index contributed by atoms with van der Waals surface area (Å²) in [6.45, 7) is 6.69. The van der Waals surface area contributed by atoms with E-state index in [4.69, 9.17) is 14.5 Å². The molecule has 3 rings (SSSR count). The van der Waals surface area contributed by atoms with Gasteiger partial charge in [0, 0.05) is 40.0 Å². The fourth-order valence-corrected chi connectivity index (χ4v) is 3.32. The molecule has 1 aliphatic rings. The SMILES string of the molecule is CCNC(=NCCCOC1CCOCC1)N(C)Cc1ncc(-c2ccccc2)[nH]1.I. The van der Waals surface area contributed by atoms with Crippen LogP contribution in [0.2, 0.25) is 0 Å². The van der Waals surface area contributed by atoms with E-state index < -0.39 is 0 Å². The molecule has 1 fully saturated rings. The Bertz CT molecular complexity index is 747. The molecule has 0 unspecified atom stereocenters. The Morgan fingerprint density at radius 3 is 2.80 bits per heavy atom. The molecule has 1 saturated heterocycles. The lowest BCUT2D eigenvalue weighted by Gasteiger charge is -2.22. The summed E-state index contributed by atoms with van der Waals surface area (Å²) in [6, 6.07) is 10.2. The predicted octanol–water partition coefficient (Wildman–Crippen LogP) is 3.68. The standard InChI is InChI=1S/C22H33N5O2.HI/c1-3-23-22(24-12-7-13-29-19-10-14-28-15-11-19)27(2)17-21-25-16-20(26-21)18-8-5-4-6-9-18;/h4-6,8-9,16,19H,3,7,10-15,17H2,1-2H3,(H,23,24)(H,25,26);1H. The number of hydrogen-bond acceptors (Lipinski definition) is 4.